The Kier molecular flexibility index (Phi) is 4.43. The van der Waals surface area contributed by atoms with Gasteiger partial charge in [0.05, 0.1) is 0 Å². The summed E-state index contributed by atoms with van der Waals surface area (Å²) in [7, 11) is 0. The lowest BCUT2D eigenvalue weighted by molar-refractivity contribution is -0.135. The highest BCUT2D eigenvalue weighted by Gasteiger charge is 2.34. The fourth-order valence-electron chi connectivity index (χ4n) is 1.96. The molecule has 1 fully saturated rings. The quantitative estimate of drug-likeness (QED) is 0.641. The predicted octanol–water partition coefficient (Wildman–Crippen LogP) is 2.68. The first-order valence-corrected chi connectivity index (χ1v) is 5.99. The minimum Gasteiger partial charge on any atom is -0.342 e. The van der Waals surface area contributed by atoms with Gasteiger partial charge < -0.3 is 4.90 Å². The molecule has 1 unspecified atom stereocenters. The Balaban J connectivity index is 2.43. The average Bonchev–Trinajstić information content (AvgIpc) is 2.98. The molecule has 0 N–H and O–H groups in total. The summed E-state index contributed by atoms with van der Waals surface area (Å²) in [5, 5.41) is 0. The van der Waals surface area contributed by atoms with Crippen molar-refractivity contribution in [2.45, 2.75) is 46.5 Å². The summed E-state index contributed by atoms with van der Waals surface area (Å²) in [6.07, 6.45) is 4.67. The highest BCUT2D eigenvalue weighted by atomic mass is 16.2. The molecule has 0 radical (unpaired) electrons. The Morgan fingerprint density at radius 2 is 1.79 bits per heavy atom. The molecule has 1 aliphatic rings. The van der Waals surface area contributed by atoms with Crippen LogP contribution in [-0.4, -0.2) is 23.9 Å². The molecule has 1 aliphatic carbocycles. The maximum absolute atomic E-state index is 12.0. The molecular formula is C12H23NO. The molecule has 0 bridgehead atoms. The van der Waals surface area contributed by atoms with Gasteiger partial charge in [-0.05, 0) is 31.6 Å². The van der Waals surface area contributed by atoms with Gasteiger partial charge in [-0.1, -0.05) is 20.8 Å². The summed E-state index contributed by atoms with van der Waals surface area (Å²) in [5.41, 5.74) is 0. The zero-order valence-corrected chi connectivity index (χ0v) is 9.75. The first-order chi connectivity index (χ1) is 6.70. The first-order valence-electron chi connectivity index (χ1n) is 5.99. The van der Waals surface area contributed by atoms with Crippen molar-refractivity contribution in [1.82, 2.24) is 4.90 Å². The van der Waals surface area contributed by atoms with E-state index in [4.69, 9.17) is 0 Å². The minimum absolute atomic E-state index is 0.271. The average molecular weight is 197 g/mol. The monoisotopic (exact) mass is 197 g/mol. The summed E-state index contributed by atoms with van der Waals surface area (Å²) in [4.78, 5) is 14.1. The van der Waals surface area contributed by atoms with Gasteiger partial charge in [-0.25, -0.2) is 0 Å². The number of amides is 1. The highest BCUT2D eigenvalue weighted by Crippen LogP contribution is 2.37. The van der Waals surface area contributed by atoms with Crippen molar-refractivity contribution in [3.05, 3.63) is 0 Å². The molecule has 1 saturated carbocycles. The van der Waals surface area contributed by atoms with Gasteiger partial charge in [0.25, 0.3) is 0 Å². The third-order valence-electron chi connectivity index (χ3n) is 3.02. The van der Waals surface area contributed by atoms with Crippen LogP contribution in [0, 0.1) is 11.8 Å². The van der Waals surface area contributed by atoms with E-state index in [2.05, 4.69) is 20.8 Å². The minimum atomic E-state index is 0.271. The topological polar surface area (TPSA) is 20.3 Å². The molecule has 1 rings (SSSR count). The van der Waals surface area contributed by atoms with E-state index in [1.807, 2.05) is 4.90 Å². The van der Waals surface area contributed by atoms with Crippen LogP contribution in [0.2, 0.25) is 0 Å². The van der Waals surface area contributed by atoms with Crippen LogP contribution in [-0.2, 0) is 4.79 Å². The lowest BCUT2D eigenvalue weighted by Crippen LogP contribution is -2.37. The summed E-state index contributed by atoms with van der Waals surface area (Å²) in [6.45, 7) is 8.24. The molecular weight excluding hydrogens is 174 g/mol. The van der Waals surface area contributed by atoms with Crippen LogP contribution in [0.3, 0.4) is 0 Å². The molecule has 82 valence electrons. The van der Waals surface area contributed by atoms with E-state index in [1.54, 1.807) is 0 Å². The van der Waals surface area contributed by atoms with Crippen molar-refractivity contribution in [2.75, 3.05) is 13.1 Å². The molecule has 2 heteroatoms. The van der Waals surface area contributed by atoms with E-state index in [-0.39, 0.29) is 5.92 Å². The molecule has 0 aromatic rings. The van der Waals surface area contributed by atoms with Crippen molar-refractivity contribution in [3.8, 4) is 0 Å². The van der Waals surface area contributed by atoms with Crippen LogP contribution < -0.4 is 0 Å². The second-order valence-corrected chi connectivity index (χ2v) is 4.45. The predicted molar refractivity (Wildman–Crippen MR) is 59.1 cm³/mol. The maximum atomic E-state index is 12.0. The largest absolute Gasteiger partial charge is 0.342 e. The standard InChI is InChI=1S/C12H23NO/c1-4-8-13(9-5-2)12(14)10(3)11-6-7-11/h10-11H,4-9H2,1-3H3. The van der Waals surface area contributed by atoms with E-state index in [0.29, 0.717) is 11.8 Å². The molecule has 14 heavy (non-hydrogen) atoms. The van der Waals surface area contributed by atoms with Gasteiger partial charge in [-0.15, -0.1) is 0 Å². The van der Waals surface area contributed by atoms with Crippen molar-refractivity contribution in [3.63, 3.8) is 0 Å². The maximum Gasteiger partial charge on any atom is 0.225 e. The number of carbonyl (C=O) groups is 1. The molecule has 1 atom stereocenters. The van der Waals surface area contributed by atoms with Crippen molar-refractivity contribution in [1.29, 1.82) is 0 Å². The van der Waals surface area contributed by atoms with E-state index in [9.17, 15) is 4.79 Å². The molecule has 2 nitrogen and oxygen atoms in total. The van der Waals surface area contributed by atoms with Crippen LogP contribution in [0.4, 0.5) is 0 Å². The zero-order valence-electron chi connectivity index (χ0n) is 9.75. The fraction of sp³-hybridized carbons (Fsp3) is 0.917. The van der Waals surface area contributed by atoms with Crippen LogP contribution in [0.1, 0.15) is 46.5 Å². The van der Waals surface area contributed by atoms with Crippen LogP contribution in [0.5, 0.6) is 0 Å². The SMILES string of the molecule is CCCN(CCC)C(=O)C(C)C1CC1. The Bertz CT molecular complexity index is 181. The molecule has 1 amide bonds. The smallest absolute Gasteiger partial charge is 0.225 e. The van der Waals surface area contributed by atoms with Crippen molar-refractivity contribution in [2.24, 2.45) is 11.8 Å². The molecule has 0 spiro atoms. The Morgan fingerprint density at radius 1 is 1.29 bits per heavy atom. The highest BCUT2D eigenvalue weighted by molar-refractivity contribution is 5.79. The molecule has 0 aromatic heterocycles. The van der Waals surface area contributed by atoms with Crippen molar-refractivity contribution < 1.29 is 4.79 Å². The third-order valence-corrected chi connectivity index (χ3v) is 3.02. The third kappa shape index (κ3) is 3.00. The van der Waals surface area contributed by atoms with E-state index in [0.717, 1.165) is 25.9 Å². The Labute approximate surface area is 87.7 Å². The van der Waals surface area contributed by atoms with Crippen molar-refractivity contribution >= 4 is 5.91 Å². The van der Waals surface area contributed by atoms with Gasteiger partial charge in [0, 0.05) is 19.0 Å². The number of nitrogens with zero attached hydrogens (tertiary/aromatic N) is 1. The second-order valence-electron chi connectivity index (χ2n) is 4.45. The summed E-state index contributed by atoms with van der Waals surface area (Å²) >= 11 is 0. The fourth-order valence-corrected chi connectivity index (χ4v) is 1.96. The van der Waals surface area contributed by atoms with Gasteiger partial charge in [0.2, 0.25) is 5.91 Å². The number of rotatable bonds is 6. The van der Waals surface area contributed by atoms with Gasteiger partial charge in [0.1, 0.15) is 0 Å². The number of hydrogen-bond acceptors (Lipinski definition) is 1. The Morgan fingerprint density at radius 3 is 2.14 bits per heavy atom. The van der Waals surface area contributed by atoms with E-state index < -0.39 is 0 Å². The van der Waals surface area contributed by atoms with Crippen LogP contribution in [0.15, 0.2) is 0 Å². The van der Waals surface area contributed by atoms with Crippen LogP contribution >= 0.6 is 0 Å². The first kappa shape index (κ1) is 11.5. The molecule has 0 heterocycles. The van der Waals surface area contributed by atoms with E-state index >= 15 is 0 Å². The lowest BCUT2D eigenvalue weighted by Gasteiger charge is -2.24. The lowest BCUT2D eigenvalue weighted by atomic mass is 10.0. The zero-order chi connectivity index (χ0) is 10.6. The molecule has 0 aliphatic heterocycles. The second kappa shape index (κ2) is 5.38. The number of carbonyl (C=O) groups excluding carboxylic acids is 1. The normalized spacial score (nSPS) is 17.9. The number of hydrogen-bond donors (Lipinski definition) is 0. The molecule has 0 saturated heterocycles. The Hall–Kier alpha value is -0.530. The van der Waals surface area contributed by atoms with Gasteiger partial charge in [-0.3, -0.25) is 4.79 Å². The summed E-state index contributed by atoms with van der Waals surface area (Å²) in [5.74, 6) is 1.35. The van der Waals surface area contributed by atoms with Gasteiger partial charge >= 0.3 is 0 Å². The summed E-state index contributed by atoms with van der Waals surface area (Å²) in [6, 6.07) is 0. The summed E-state index contributed by atoms with van der Waals surface area (Å²) < 4.78 is 0. The van der Waals surface area contributed by atoms with Crippen LogP contribution in [0.25, 0.3) is 0 Å². The van der Waals surface area contributed by atoms with E-state index in [1.165, 1.54) is 12.8 Å². The van der Waals surface area contributed by atoms with Gasteiger partial charge in [-0.2, -0.15) is 0 Å². The molecule has 0 aromatic carbocycles. The van der Waals surface area contributed by atoms with Gasteiger partial charge in [0.15, 0.2) is 0 Å².